The van der Waals surface area contributed by atoms with Gasteiger partial charge in [-0.05, 0) is 24.6 Å². The number of hydrogen-bond donors (Lipinski definition) is 0. The topological polar surface area (TPSA) is 9.23 Å². The molecule has 0 aliphatic carbocycles. The average molecular weight is 217 g/mol. The van der Waals surface area contributed by atoms with Crippen LogP contribution in [0.5, 0.6) is 0 Å². The maximum Gasteiger partial charge on any atom is 0.123 e. The molecule has 1 rings (SSSR count). The van der Waals surface area contributed by atoms with Crippen LogP contribution in [0.3, 0.4) is 0 Å². The molecule has 0 aliphatic rings. The molecule has 0 fully saturated rings. The molecule has 0 heterocycles. The Balaban J connectivity index is 2.68. The van der Waals surface area contributed by atoms with Crippen molar-refractivity contribution < 1.29 is 9.13 Å². The van der Waals surface area contributed by atoms with Crippen molar-refractivity contribution in [2.45, 2.75) is 12.8 Å². The predicted octanol–water partition coefficient (Wildman–Crippen LogP) is 3.18. The summed E-state index contributed by atoms with van der Waals surface area (Å²) in [5, 5.41) is 0. The van der Waals surface area contributed by atoms with Crippen molar-refractivity contribution in [1.29, 1.82) is 0 Å². The summed E-state index contributed by atoms with van der Waals surface area (Å²) in [4.78, 5) is 0. The van der Waals surface area contributed by atoms with E-state index in [1.165, 1.54) is 12.1 Å². The van der Waals surface area contributed by atoms with Crippen molar-refractivity contribution in [2.24, 2.45) is 0 Å². The standard InChI is InChI=1S/C11H14ClFO/c1-2-14-8-10(7-12)9-4-3-5-11(13)6-9/h3-6,10H,2,7-8H2,1H3. The van der Waals surface area contributed by atoms with Crippen LogP contribution >= 0.6 is 11.6 Å². The molecule has 0 aromatic heterocycles. The van der Waals surface area contributed by atoms with Gasteiger partial charge in [0.1, 0.15) is 5.82 Å². The van der Waals surface area contributed by atoms with E-state index in [4.69, 9.17) is 16.3 Å². The summed E-state index contributed by atoms with van der Waals surface area (Å²) in [6.07, 6.45) is 0. The zero-order chi connectivity index (χ0) is 10.4. The molecule has 1 aromatic carbocycles. The van der Waals surface area contributed by atoms with Crippen molar-refractivity contribution in [3.63, 3.8) is 0 Å². The second-order valence-corrected chi connectivity index (χ2v) is 3.37. The highest BCUT2D eigenvalue weighted by Gasteiger charge is 2.10. The van der Waals surface area contributed by atoms with Crippen LogP contribution in [0.25, 0.3) is 0 Å². The van der Waals surface area contributed by atoms with Gasteiger partial charge >= 0.3 is 0 Å². The molecule has 0 saturated heterocycles. The van der Waals surface area contributed by atoms with Crippen LogP contribution in [-0.4, -0.2) is 19.1 Å². The first-order valence-corrected chi connectivity index (χ1v) is 5.20. The summed E-state index contributed by atoms with van der Waals surface area (Å²) < 4.78 is 18.2. The Hall–Kier alpha value is -0.600. The molecule has 78 valence electrons. The smallest absolute Gasteiger partial charge is 0.123 e. The third kappa shape index (κ3) is 3.28. The summed E-state index contributed by atoms with van der Waals surface area (Å²) in [5.41, 5.74) is 0.897. The first-order valence-electron chi connectivity index (χ1n) is 4.67. The van der Waals surface area contributed by atoms with Gasteiger partial charge in [-0.2, -0.15) is 0 Å². The quantitative estimate of drug-likeness (QED) is 0.687. The maximum atomic E-state index is 12.9. The molecule has 0 saturated carbocycles. The Kier molecular flexibility index (Phi) is 4.91. The van der Waals surface area contributed by atoms with Gasteiger partial charge in [0.15, 0.2) is 0 Å². The largest absolute Gasteiger partial charge is 0.381 e. The van der Waals surface area contributed by atoms with E-state index in [0.717, 1.165) is 5.56 Å². The summed E-state index contributed by atoms with van der Waals surface area (Å²) in [6.45, 7) is 3.13. The first-order chi connectivity index (χ1) is 6.77. The van der Waals surface area contributed by atoms with Crippen LogP contribution in [0.1, 0.15) is 18.4 Å². The monoisotopic (exact) mass is 216 g/mol. The van der Waals surface area contributed by atoms with E-state index in [1.54, 1.807) is 6.07 Å². The number of halogens is 2. The molecule has 0 aliphatic heterocycles. The highest BCUT2D eigenvalue weighted by Crippen LogP contribution is 2.18. The van der Waals surface area contributed by atoms with E-state index < -0.39 is 0 Å². The fourth-order valence-corrected chi connectivity index (χ4v) is 1.52. The molecule has 1 unspecified atom stereocenters. The van der Waals surface area contributed by atoms with Crippen LogP contribution in [0.2, 0.25) is 0 Å². The van der Waals surface area contributed by atoms with Crippen molar-refractivity contribution in [3.05, 3.63) is 35.6 Å². The van der Waals surface area contributed by atoms with Crippen molar-refractivity contribution >= 4 is 11.6 Å². The second-order valence-electron chi connectivity index (χ2n) is 3.07. The average Bonchev–Trinajstić information content (AvgIpc) is 2.19. The molecule has 14 heavy (non-hydrogen) atoms. The van der Waals surface area contributed by atoms with E-state index >= 15 is 0 Å². The van der Waals surface area contributed by atoms with Gasteiger partial charge in [-0.3, -0.25) is 0 Å². The summed E-state index contributed by atoms with van der Waals surface area (Å²) in [6, 6.07) is 6.49. The van der Waals surface area contributed by atoms with E-state index in [2.05, 4.69) is 0 Å². The number of alkyl halides is 1. The number of benzene rings is 1. The molecule has 0 spiro atoms. The molecule has 0 bridgehead atoms. The third-order valence-electron chi connectivity index (χ3n) is 2.03. The van der Waals surface area contributed by atoms with Gasteiger partial charge in [0.25, 0.3) is 0 Å². The number of hydrogen-bond acceptors (Lipinski definition) is 1. The molecule has 3 heteroatoms. The molecule has 1 nitrogen and oxygen atoms in total. The second kappa shape index (κ2) is 5.99. The highest BCUT2D eigenvalue weighted by molar-refractivity contribution is 6.18. The Bertz CT molecular complexity index is 278. The van der Waals surface area contributed by atoms with E-state index in [0.29, 0.717) is 19.1 Å². The van der Waals surface area contributed by atoms with Crippen molar-refractivity contribution in [2.75, 3.05) is 19.1 Å². The molecule has 0 amide bonds. The van der Waals surface area contributed by atoms with Crippen LogP contribution in [0.4, 0.5) is 4.39 Å². The minimum Gasteiger partial charge on any atom is -0.381 e. The van der Waals surface area contributed by atoms with Crippen molar-refractivity contribution in [1.82, 2.24) is 0 Å². The molecular formula is C11H14ClFO. The normalized spacial score (nSPS) is 12.8. The zero-order valence-electron chi connectivity index (χ0n) is 8.17. The van der Waals surface area contributed by atoms with Gasteiger partial charge in [0.05, 0.1) is 6.61 Å². The fraction of sp³-hybridized carbons (Fsp3) is 0.455. The van der Waals surface area contributed by atoms with Crippen molar-refractivity contribution in [3.8, 4) is 0 Å². The molecular weight excluding hydrogens is 203 g/mol. The van der Waals surface area contributed by atoms with Gasteiger partial charge in [-0.25, -0.2) is 4.39 Å². The lowest BCUT2D eigenvalue weighted by Gasteiger charge is -2.13. The number of ether oxygens (including phenoxy) is 1. The first kappa shape index (κ1) is 11.5. The van der Waals surface area contributed by atoms with Gasteiger partial charge in [0, 0.05) is 18.4 Å². The Labute approximate surface area is 88.8 Å². The Morgan fingerprint density at radius 2 is 2.29 bits per heavy atom. The molecule has 0 radical (unpaired) electrons. The van der Waals surface area contributed by atoms with Crippen LogP contribution in [0, 0.1) is 5.82 Å². The fourth-order valence-electron chi connectivity index (χ4n) is 1.25. The summed E-state index contributed by atoms with van der Waals surface area (Å²) >= 11 is 5.79. The maximum absolute atomic E-state index is 12.9. The predicted molar refractivity (Wildman–Crippen MR) is 56.4 cm³/mol. The van der Waals surface area contributed by atoms with Gasteiger partial charge in [-0.1, -0.05) is 12.1 Å². The minimum absolute atomic E-state index is 0.0762. The van der Waals surface area contributed by atoms with E-state index in [9.17, 15) is 4.39 Å². The van der Waals surface area contributed by atoms with E-state index in [-0.39, 0.29) is 11.7 Å². The lowest BCUT2D eigenvalue weighted by molar-refractivity contribution is 0.137. The van der Waals surface area contributed by atoms with Gasteiger partial charge in [0.2, 0.25) is 0 Å². The van der Waals surface area contributed by atoms with Gasteiger partial charge < -0.3 is 4.74 Å². The Morgan fingerprint density at radius 1 is 1.50 bits per heavy atom. The third-order valence-corrected chi connectivity index (χ3v) is 2.40. The molecule has 0 N–H and O–H groups in total. The lowest BCUT2D eigenvalue weighted by atomic mass is 10.0. The van der Waals surface area contributed by atoms with E-state index in [1.807, 2.05) is 13.0 Å². The minimum atomic E-state index is -0.228. The highest BCUT2D eigenvalue weighted by atomic mass is 35.5. The summed E-state index contributed by atoms with van der Waals surface area (Å²) in [5.74, 6) is 0.296. The van der Waals surface area contributed by atoms with Crippen LogP contribution in [0.15, 0.2) is 24.3 Å². The summed E-state index contributed by atoms with van der Waals surface area (Å²) in [7, 11) is 0. The Morgan fingerprint density at radius 3 is 2.86 bits per heavy atom. The molecule has 1 aromatic rings. The van der Waals surface area contributed by atoms with Crippen LogP contribution in [-0.2, 0) is 4.74 Å². The molecule has 1 atom stereocenters. The lowest BCUT2D eigenvalue weighted by Crippen LogP contribution is -2.09. The SMILES string of the molecule is CCOCC(CCl)c1cccc(F)c1. The zero-order valence-corrected chi connectivity index (χ0v) is 8.93. The number of rotatable bonds is 5. The van der Waals surface area contributed by atoms with Crippen LogP contribution < -0.4 is 0 Å². The van der Waals surface area contributed by atoms with Gasteiger partial charge in [-0.15, -0.1) is 11.6 Å².